The number of amides is 1. The van der Waals surface area contributed by atoms with Gasteiger partial charge in [-0.3, -0.25) is 14.3 Å². The fraction of sp³-hybridized carbons (Fsp3) is 0.438. The van der Waals surface area contributed by atoms with Crippen molar-refractivity contribution < 1.29 is 4.79 Å². The third-order valence-electron chi connectivity index (χ3n) is 3.67. The number of carbonyl (C=O) groups excluding carboxylic acids is 1. The van der Waals surface area contributed by atoms with Crippen molar-refractivity contribution in [1.29, 1.82) is 0 Å². The molecule has 118 valence electrons. The lowest BCUT2D eigenvalue weighted by Gasteiger charge is -2.09. The SMILES string of the molecule is Cc1nn(C(C)C)c(C)c1CC(=O)Nc1c[nH]c(=O)c(C)c1. The molecule has 2 N–H and O–H groups in total. The normalized spacial score (nSPS) is 11.0. The average molecular weight is 302 g/mol. The van der Waals surface area contributed by atoms with Crippen LogP contribution < -0.4 is 10.9 Å². The Labute approximate surface area is 129 Å². The van der Waals surface area contributed by atoms with Crippen LogP contribution >= 0.6 is 0 Å². The topological polar surface area (TPSA) is 79.8 Å². The van der Waals surface area contributed by atoms with Crippen LogP contribution in [0.2, 0.25) is 0 Å². The highest BCUT2D eigenvalue weighted by Crippen LogP contribution is 2.18. The smallest absolute Gasteiger partial charge is 0.250 e. The molecule has 0 atom stereocenters. The molecule has 6 nitrogen and oxygen atoms in total. The summed E-state index contributed by atoms with van der Waals surface area (Å²) in [4.78, 5) is 26.1. The molecule has 0 aromatic carbocycles. The van der Waals surface area contributed by atoms with E-state index in [1.165, 1.54) is 6.20 Å². The van der Waals surface area contributed by atoms with Crippen molar-refractivity contribution in [2.75, 3.05) is 5.32 Å². The second kappa shape index (κ2) is 6.17. The van der Waals surface area contributed by atoms with Gasteiger partial charge in [0.1, 0.15) is 0 Å². The van der Waals surface area contributed by atoms with Gasteiger partial charge in [0, 0.05) is 29.1 Å². The molecule has 0 aliphatic rings. The van der Waals surface area contributed by atoms with Crippen LogP contribution in [-0.4, -0.2) is 20.7 Å². The molecule has 0 radical (unpaired) electrons. The van der Waals surface area contributed by atoms with Crippen LogP contribution in [0.4, 0.5) is 5.69 Å². The highest BCUT2D eigenvalue weighted by atomic mass is 16.1. The number of nitrogens with zero attached hydrogens (tertiary/aromatic N) is 2. The number of pyridine rings is 1. The standard InChI is InChI=1S/C16H22N4O2/c1-9(2)20-12(5)14(11(4)19-20)7-15(21)18-13-6-10(3)16(22)17-8-13/h6,8-9H,7H2,1-5H3,(H,17,22)(H,18,21). The number of nitrogens with one attached hydrogen (secondary N) is 2. The quantitative estimate of drug-likeness (QED) is 0.909. The van der Waals surface area contributed by atoms with Gasteiger partial charge in [0.15, 0.2) is 0 Å². The Bertz CT molecular complexity index is 756. The minimum atomic E-state index is -0.150. The van der Waals surface area contributed by atoms with E-state index in [9.17, 15) is 9.59 Å². The van der Waals surface area contributed by atoms with Crippen molar-refractivity contribution in [2.24, 2.45) is 0 Å². The van der Waals surface area contributed by atoms with E-state index in [4.69, 9.17) is 0 Å². The highest BCUT2D eigenvalue weighted by Gasteiger charge is 2.16. The van der Waals surface area contributed by atoms with Crippen LogP contribution in [0, 0.1) is 20.8 Å². The van der Waals surface area contributed by atoms with Gasteiger partial charge in [-0.05, 0) is 40.7 Å². The molecule has 2 heterocycles. The molecule has 0 saturated heterocycles. The Morgan fingerprint density at radius 1 is 1.36 bits per heavy atom. The Hall–Kier alpha value is -2.37. The van der Waals surface area contributed by atoms with Gasteiger partial charge in [0.25, 0.3) is 5.56 Å². The number of aromatic nitrogens is 3. The summed E-state index contributed by atoms with van der Waals surface area (Å²) in [6.07, 6.45) is 1.77. The van der Waals surface area contributed by atoms with Crippen molar-refractivity contribution in [3.05, 3.63) is 45.1 Å². The fourth-order valence-corrected chi connectivity index (χ4v) is 2.49. The number of aryl methyl sites for hydroxylation is 2. The summed E-state index contributed by atoms with van der Waals surface area (Å²) in [7, 11) is 0. The van der Waals surface area contributed by atoms with Gasteiger partial charge in [-0.2, -0.15) is 5.10 Å². The molecular formula is C16H22N4O2. The van der Waals surface area contributed by atoms with Gasteiger partial charge in [0.05, 0.1) is 17.8 Å². The number of hydrogen-bond acceptors (Lipinski definition) is 3. The van der Waals surface area contributed by atoms with E-state index in [1.54, 1.807) is 13.0 Å². The summed E-state index contributed by atoms with van der Waals surface area (Å²) in [6, 6.07) is 1.92. The van der Waals surface area contributed by atoms with Crippen molar-refractivity contribution in [1.82, 2.24) is 14.8 Å². The first-order valence-electron chi connectivity index (χ1n) is 7.33. The molecule has 0 bridgehead atoms. The van der Waals surface area contributed by atoms with Crippen LogP contribution in [0.1, 0.15) is 42.4 Å². The number of aromatic amines is 1. The third kappa shape index (κ3) is 3.27. The minimum absolute atomic E-state index is 0.124. The first-order valence-corrected chi connectivity index (χ1v) is 7.33. The molecule has 0 fully saturated rings. The maximum atomic E-state index is 12.2. The Morgan fingerprint density at radius 2 is 2.05 bits per heavy atom. The first-order chi connectivity index (χ1) is 10.3. The van der Waals surface area contributed by atoms with E-state index < -0.39 is 0 Å². The molecule has 6 heteroatoms. The van der Waals surface area contributed by atoms with E-state index in [-0.39, 0.29) is 23.9 Å². The zero-order chi connectivity index (χ0) is 16.4. The van der Waals surface area contributed by atoms with Gasteiger partial charge >= 0.3 is 0 Å². The maximum absolute atomic E-state index is 12.2. The zero-order valence-electron chi connectivity index (χ0n) is 13.7. The summed E-state index contributed by atoms with van der Waals surface area (Å²) in [5, 5.41) is 7.29. The van der Waals surface area contributed by atoms with E-state index >= 15 is 0 Å². The van der Waals surface area contributed by atoms with Crippen LogP contribution in [-0.2, 0) is 11.2 Å². The number of carbonyl (C=O) groups is 1. The lowest BCUT2D eigenvalue weighted by atomic mass is 10.1. The Balaban J connectivity index is 2.15. The predicted octanol–water partition coefficient (Wildman–Crippen LogP) is 2.26. The maximum Gasteiger partial charge on any atom is 0.250 e. The number of H-pyrrole nitrogens is 1. The second-order valence-electron chi connectivity index (χ2n) is 5.81. The summed E-state index contributed by atoms with van der Waals surface area (Å²) in [5.41, 5.74) is 3.85. The van der Waals surface area contributed by atoms with E-state index in [1.807, 2.05) is 18.5 Å². The van der Waals surface area contributed by atoms with Crippen molar-refractivity contribution >= 4 is 11.6 Å². The monoisotopic (exact) mass is 302 g/mol. The van der Waals surface area contributed by atoms with Crippen LogP contribution in [0.15, 0.2) is 17.1 Å². The fourth-order valence-electron chi connectivity index (χ4n) is 2.49. The van der Waals surface area contributed by atoms with Gasteiger partial charge in [-0.1, -0.05) is 0 Å². The zero-order valence-corrected chi connectivity index (χ0v) is 13.7. The second-order valence-corrected chi connectivity index (χ2v) is 5.81. The van der Waals surface area contributed by atoms with E-state index in [0.29, 0.717) is 11.3 Å². The molecule has 22 heavy (non-hydrogen) atoms. The molecule has 0 aliphatic carbocycles. The summed E-state index contributed by atoms with van der Waals surface area (Å²) >= 11 is 0. The average Bonchev–Trinajstić information content (AvgIpc) is 2.71. The van der Waals surface area contributed by atoms with Crippen LogP contribution in [0.5, 0.6) is 0 Å². The van der Waals surface area contributed by atoms with Crippen molar-refractivity contribution in [3.63, 3.8) is 0 Å². The summed E-state index contributed by atoms with van der Waals surface area (Å²) in [5.74, 6) is -0.124. The van der Waals surface area contributed by atoms with Gasteiger partial charge < -0.3 is 10.3 Å². The lowest BCUT2D eigenvalue weighted by Crippen LogP contribution is -2.17. The Morgan fingerprint density at radius 3 is 2.59 bits per heavy atom. The van der Waals surface area contributed by atoms with E-state index in [2.05, 4.69) is 29.2 Å². The molecule has 0 saturated carbocycles. The van der Waals surface area contributed by atoms with Gasteiger partial charge in [-0.25, -0.2) is 0 Å². The third-order valence-corrected chi connectivity index (χ3v) is 3.67. The summed E-state index contributed by atoms with van der Waals surface area (Å²) in [6.45, 7) is 9.72. The molecule has 0 spiro atoms. The Kier molecular flexibility index (Phi) is 4.49. The molecule has 0 unspecified atom stereocenters. The molecule has 1 amide bonds. The molecule has 2 aromatic heterocycles. The molecule has 2 aromatic rings. The lowest BCUT2D eigenvalue weighted by molar-refractivity contribution is -0.115. The number of hydrogen-bond donors (Lipinski definition) is 2. The van der Waals surface area contributed by atoms with Crippen LogP contribution in [0.25, 0.3) is 0 Å². The minimum Gasteiger partial charge on any atom is -0.327 e. The predicted molar refractivity (Wildman–Crippen MR) is 86.2 cm³/mol. The first kappa shape index (κ1) is 16.0. The molecule has 0 aliphatic heterocycles. The van der Waals surface area contributed by atoms with Gasteiger partial charge in [0.2, 0.25) is 5.91 Å². The highest BCUT2D eigenvalue weighted by molar-refractivity contribution is 5.92. The number of anilines is 1. The van der Waals surface area contributed by atoms with Gasteiger partial charge in [-0.15, -0.1) is 0 Å². The number of rotatable bonds is 4. The van der Waals surface area contributed by atoms with Crippen molar-refractivity contribution in [2.45, 2.75) is 47.1 Å². The van der Waals surface area contributed by atoms with Crippen LogP contribution in [0.3, 0.4) is 0 Å². The molecule has 2 rings (SSSR count). The summed E-state index contributed by atoms with van der Waals surface area (Å²) < 4.78 is 1.93. The van der Waals surface area contributed by atoms with E-state index in [0.717, 1.165) is 17.0 Å². The largest absolute Gasteiger partial charge is 0.327 e. The van der Waals surface area contributed by atoms with Crippen molar-refractivity contribution in [3.8, 4) is 0 Å². The molecular weight excluding hydrogens is 280 g/mol.